The van der Waals surface area contributed by atoms with Crippen LogP contribution in [-0.4, -0.2) is 21.4 Å². The Balaban J connectivity index is 2.76. The van der Waals surface area contributed by atoms with E-state index in [0.29, 0.717) is 10.9 Å². The van der Waals surface area contributed by atoms with Crippen molar-refractivity contribution in [3.63, 3.8) is 0 Å². The second kappa shape index (κ2) is 3.88. The Kier molecular flexibility index (Phi) is 2.81. The molecular weight excluding hydrogens is 160 g/mol. The van der Waals surface area contributed by atoms with Gasteiger partial charge in [-0.1, -0.05) is 11.8 Å². The van der Waals surface area contributed by atoms with Crippen molar-refractivity contribution in [1.82, 2.24) is 15.2 Å². The van der Waals surface area contributed by atoms with Gasteiger partial charge in [-0.25, -0.2) is 4.98 Å². The zero-order valence-electron chi connectivity index (χ0n) is 5.98. The van der Waals surface area contributed by atoms with Crippen LogP contribution in [0.4, 0.5) is 0 Å². The van der Waals surface area contributed by atoms with Crippen LogP contribution < -0.4 is 0 Å². The highest BCUT2D eigenvalue weighted by atomic mass is 32.2. The lowest BCUT2D eigenvalue weighted by Crippen LogP contribution is -1.95. The predicted molar refractivity (Wildman–Crippen MR) is 40.9 cm³/mol. The fourth-order valence-electron chi connectivity index (χ4n) is 0.544. The van der Waals surface area contributed by atoms with Gasteiger partial charge in [-0.15, -0.1) is 5.10 Å². The van der Waals surface area contributed by atoms with Crippen molar-refractivity contribution in [1.29, 1.82) is 5.26 Å². The SMILES string of the molecule is CSc1ncc(CC#N)nn1. The van der Waals surface area contributed by atoms with Crippen LogP contribution in [0.3, 0.4) is 0 Å². The molecule has 0 atom stereocenters. The molecule has 56 valence electrons. The molecule has 1 heterocycles. The van der Waals surface area contributed by atoms with Crippen LogP contribution in [0.15, 0.2) is 11.4 Å². The quantitative estimate of drug-likeness (QED) is 0.604. The van der Waals surface area contributed by atoms with E-state index in [2.05, 4.69) is 15.2 Å². The highest BCUT2D eigenvalue weighted by Crippen LogP contribution is 2.04. The van der Waals surface area contributed by atoms with Gasteiger partial charge in [-0.2, -0.15) is 10.4 Å². The van der Waals surface area contributed by atoms with Gasteiger partial charge < -0.3 is 0 Å². The van der Waals surface area contributed by atoms with Crippen LogP contribution in [-0.2, 0) is 6.42 Å². The fourth-order valence-corrected chi connectivity index (χ4v) is 0.824. The van der Waals surface area contributed by atoms with Crippen LogP contribution in [0.1, 0.15) is 5.69 Å². The molecule has 0 radical (unpaired) electrons. The lowest BCUT2D eigenvalue weighted by molar-refractivity contribution is 0.802. The lowest BCUT2D eigenvalue weighted by Gasteiger charge is -1.92. The average molecular weight is 166 g/mol. The number of aromatic nitrogens is 3. The Morgan fingerprint density at radius 2 is 2.45 bits per heavy atom. The molecule has 0 saturated heterocycles. The van der Waals surface area contributed by atoms with E-state index in [1.54, 1.807) is 6.20 Å². The van der Waals surface area contributed by atoms with Gasteiger partial charge in [0.25, 0.3) is 0 Å². The molecule has 11 heavy (non-hydrogen) atoms. The summed E-state index contributed by atoms with van der Waals surface area (Å²) < 4.78 is 0. The van der Waals surface area contributed by atoms with Crippen molar-refractivity contribution in [2.24, 2.45) is 0 Å². The van der Waals surface area contributed by atoms with Gasteiger partial charge in [0.1, 0.15) is 0 Å². The van der Waals surface area contributed by atoms with Gasteiger partial charge >= 0.3 is 0 Å². The second-order valence-corrected chi connectivity index (χ2v) is 2.54. The summed E-state index contributed by atoms with van der Waals surface area (Å²) in [6, 6.07) is 1.97. The Labute approximate surface area is 68.7 Å². The first-order valence-corrected chi connectivity index (χ1v) is 4.19. The molecule has 1 rings (SSSR count). The third-order valence-corrected chi connectivity index (χ3v) is 1.58. The summed E-state index contributed by atoms with van der Waals surface area (Å²) in [6.45, 7) is 0. The van der Waals surface area contributed by atoms with E-state index in [4.69, 9.17) is 5.26 Å². The Bertz CT molecular complexity index is 263. The van der Waals surface area contributed by atoms with Crippen molar-refractivity contribution in [2.75, 3.05) is 6.26 Å². The van der Waals surface area contributed by atoms with Crippen molar-refractivity contribution >= 4 is 11.8 Å². The van der Waals surface area contributed by atoms with Crippen molar-refractivity contribution in [3.8, 4) is 6.07 Å². The first kappa shape index (κ1) is 7.95. The molecule has 0 spiro atoms. The van der Waals surface area contributed by atoms with E-state index >= 15 is 0 Å². The van der Waals surface area contributed by atoms with E-state index in [-0.39, 0.29) is 6.42 Å². The summed E-state index contributed by atoms with van der Waals surface area (Å²) in [4.78, 5) is 3.95. The Morgan fingerprint density at radius 1 is 1.64 bits per heavy atom. The molecule has 5 heteroatoms. The van der Waals surface area contributed by atoms with Gasteiger partial charge in [-0.05, 0) is 6.26 Å². The Hall–Kier alpha value is -1.15. The number of nitriles is 1. The number of rotatable bonds is 2. The van der Waals surface area contributed by atoms with Crippen LogP contribution in [0, 0.1) is 11.3 Å². The molecule has 0 saturated carbocycles. The highest BCUT2D eigenvalue weighted by Gasteiger charge is 1.95. The standard InChI is InChI=1S/C6H6N4S/c1-11-6-8-4-5(2-3-7)9-10-6/h4H,2H2,1H3. The Morgan fingerprint density at radius 3 is 2.91 bits per heavy atom. The summed E-state index contributed by atoms with van der Waals surface area (Å²) in [5, 5.41) is 16.5. The average Bonchev–Trinajstić information content (AvgIpc) is 2.07. The maximum atomic E-state index is 8.30. The zero-order valence-corrected chi connectivity index (χ0v) is 6.80. The molecule has 0 aliphatic rings. The topological polar surface area (TPSA) is 62.5 Å². The largest absolute Gasteiger partial charge is 0.228 e. The maximum Gasteiger partial charge on any atom is 0.208 e. The molecule has 0 aliphatic heterocycles. The van der Waals surface area contributed by atoms with Crippen molar-refractivity contribution < 1.29 is 0 Å². The molecule has 0 unspecified atom stereocenters. The molecule has 0 aromatic carbocycles. The molecule has 0 fully saturated rings. The molecule has 0 N–H and O–H groups in total. The monoisotopic (exact) mass is 166 g/mol. The number of thioether (sulfide) groups is 1. The summed E-state index contributed by atoms with van der Waals surface area (Å²) in [6.07, 6.45) is 3.72. The minimum atomic E-state index is 0.272. The van der Waals surface area contributed by atoms with Crippen LogP contribution >= 0.6 is 11.8 Å². The van der Waals surface area contributed by atoms with Gasteiger partial charge in [-0.3, -0.25) is 0 Å². The first-order chi connectivity index (χ1) is 5.36. The molecule has 1 aromatic rings. The predicted octanol–water partition coefficient (Wildman–Crippen LogP) is 0.660. The molecular formula is C6H6N4S. The lowest BCUT2D eigenvalue weighted by atomic mass is 10.4. The van der Waals surface area contributed by atoms with E-state index < -0.39 is 0 Å². The molecule has 0 bridgehead atoms. The highest BCUT2D eigenvalue weighted by molar-refractivity contribution is 7.98. The number of nitrogens with zero attached hydrogens (tertiary/aromatic N) is 4. The van der Waals surface area contributed by atoms with Crippen LogP contribution in [0.2, 0.25) is 0 Å². The number of hydrogen-bond donors (Lipinski definition) is 0. The summed E-state index contributed by atoms with van der Waals surface area (Å²) in [5.74, 6) is 0. The van der Waals surface area contributed by atoms with Gasteiger partial charge in [0.05, 0.1) is 24.4 Å². The third kappa shape index (κ3) is 2.16. The van der Waals surface area contributed by atoms with Crippen LogP contribution in [0.5, 0.6) is 0 Å². The van der Waals surface area contributed by atoms with Crippen LogP contribution in [0.25, 0.3) is 0 Å². The molecule has 1 aromatic heterocycles. The second-order valence-electron chi connectivity index (χ2n) is 1.77. The van der Waals surface area contributed by atoms with Crippen molar-refractivity contribution in [3.05, 3.63) is 11.9 Å². The minimum absolute atomic E-state index is 0.272. The summed E-state index contributed by atoms with van der Waals surface area (Å²) in [5.41, 5.74) is 0.616. The van der Waals surface area contributed by atoms with Crippen molar-refractivity contribution in [2.45, 2.75) is 11.6 Å². The molecule has 4 nitrogen and oxygen atoms in total. The van der Waals surface area contributed by atoms with E-state index in [1.807, 2.05) is 12.3 Å². The van der Waals surface area contributed by atoms with E-state index in [1.165, 1.54) is 11.8 Å². The van der Waals surface area contributed by atoms with Gasteiger partial charge in [0, 0.05) is 0 Å². The summed E-state index contributed by atoms with van der Waals surface area (Å²) in [7, 11) is 0. The fraction of sp³-hybridized carbons (Fsp3) is 0.333. The number of hydrogen-bond acceptors (Lipinski definition) is 5. The molecule has 0 aliphatic carbocycles. The third-order valence-electron chi connectivity index (χ3n) is 1.03. The van der Waals surface area contributed by atoms with E-state index in [9.17, 15) is 0 Å². The minimum Gasteiger partial charge on any atom is -0.228 e. The smallest absolute Gasteiger partial charge is 0.208 e. The van der Waals surface area contributed by atoms with E-state index in [0.717, 1.165) is 0 Å². The zero-order chi connectivity index (χ0) is 8.10. The van der Waals surface area contributed by atoms with Gasteiger partial charge in [0.15, 0.2) is 0 Å². The molecule has 0 amide bonds. The summed E-state index contributed by atoms with van der Waals surface area (Å²) >= 11 is 1.43. The van der Waals surface area contributed by atoms with Gasteiger partial charge in [0.2, 0.25) is 5.16 Å². The first-order valence-electron chi connectivity index (χ1n) is 2.96. The normalized spacial score (nSPS) is 9.09. The maximum absolute atomic E-state index is 8.30.